The highest BCUT2D eigenvalue weighted by Gasteiger charge is 2.16. The Morgan fingerprint density at radius 3 is 2.73 bits per heavy atom. The van der Waals surface area contributed by atoms with Crippen LogP contribution in [0, 0.1) is 11.7 Å². The van der Waals surface area contributed by atoms with Gasteiger partial charge in [0.15, 0.2) is 0 Å². The second kappa shape index (κ2) is 3.66. The van der Waals surface area contributed by atoms with Gasteiger partial charge in [-0.25, -0.2) is 4.39 Å². The molecule has 2 nitrogen and oxygen atoms in total. The first-order chi connectivity index (χ1) is 7.09. The molecule has 0 aliphatic heterocycles. The molecule has 1 aromatic carbocycles. The van der Waals surface area contributed by atoms with Gasteiger partial charge in [-0.15, -0.1) is 0 Å². The molecule has 2 aromatic rings. The van der Waals surface area contributed by atoms with Crippen molar-refractivity contribution in [3.05, 3.63) is 35.8 Å². The lowest BCUT2D eigenvalue weighted by Crippen LogP contribution is -2.04. The largest absolute Gasteiger partial charge is 0.388 e. The molecule has 2 rings (SSSR count). The second-order valence-corrected chi connectivity index (χ2v) is 4.12. The zero-order chi connectivity index (χ0) is 11.0. The predicted octanol–water partition coefficient (Wildman–Crippen LogP) is 3.00. The molecule has 1 heterocycles. The van der Waals surface area contributed by atoms with Gasteiger partial charge in [-0.3, -0.25) is 0 Å². The normalized spacial score (nSPS) is 13.7. The number of aliphatic hydroxyl groups excluding tert-OH is 1. The number of hydrogen-bond donors (Lipinski definition) is 2. The molecule has 0 amide bonds. The summed E-state index contributed by atoms with van der Waals surface area (Å²) in [5, 5.41) is 10.7. The third kappa shape index (κ3) is 1.75. The van der Waals surface area contributed by atoms with Crippen LogP contribution in [0.5, 0.6) is 0 Å². The molecule has 80 valence electrons. The number of benzene rings is 1. The Kier molecular flexibility index (Phi) is 2.49. The molecule has 0 saturated heterocycles. The van der Waals surface area contributed by atoms with Crippen LogP contribution in [0.15, 0.2) is 24.4 Å². The number of fused-ring (bicyclic) bond motifs is 1. The lowest BCUT2D eigenvalue weighted by atomic mass is 9.99. The van der Waals surface area contributed by atoms with Crippen LogP contribution in [-0.2, 0) is 0 Å². The quantitative estimate of drug-likeness (QED) is 0.780. The van der Waals surface area contributed by atoms with Crippen molar-refractivity contribution in [2.75, 3.05) is 0 Å². The van der Waals surface area contributed by atoms with Crippen LogP contribution in [0.1, 0.15) is 25.5 Å². The summed E-state index contributed by atoms with van der Waals surface area (Å²) in [5.74, 6) is -0.161. The molecular weight excluding hydrogens is 193 g/mol. The van der Waals surface area contributed by atoms with Gasteiger partial charge in [0.1, 0.15) is 5.82 Å². The van der Waals surface area contributed by atoms with Crippen LogP contribution >= 0.6 is 0 Å². The van der Waals surface area contributed by atoms with Gasteiger partial charge in [-0.05, 0) is 24.1 Å². The van der Waals surface area contributed by atoms with E-state index in [2.05, 4.69) is 4.98 Å². The first kappa shape index (κ1) is 10.2. The number of aromatic nitrogens is 1. The fraction of sp³-hybridized carbons (Fsp3) is 0.333. The standard InChI is InChI=1S/C12H14FNO/c1-7(2)12(15)10-6-14-11-4-3-8(13)5-9(10)11/h3-7,12,14-15H,1-2H3. The van der Waals surface area contributed by atoms with Crippen LogP contribution < -0.4 is 0 Å². The van der Waals surface area contributed by atoms with Crippen LogP contribution in [-0.4, -0.2) is 10.1 Å². The number of halogens is 1. The van der Waals surface area contributed by atoms with Crippen molar-refractivity contribution in [1.29, 1.82) is 0 Å². The Morgan fingerprint density at radius 2 is 2.07 bits per heavy atom. The third-order valence-electron chi connectivity index (χ3n) is 2.63. The smallest absolute Gasteiger partial charge is 0.123 e. The van der Waals surface area contributed by atoms with Gasteiger partial charge in [0, 0.05) is 22.7 Å². The first-order valence-corrected chi connectivity index (χ1v) is 5.04. The molecule has 1 unspecified atom stereocenters. The van der Waals surface area contributed by atoms with Gasteiger partial charge < -0.3 is 10.1 Å². The van der Waals surface area contributed by atoms with Crippen molar-refractivity contribution < 1.29 is 9.50 Å². The fourth-order valence-corrected chi connectivity index (χ4v) is 1.72. The molecule has 1 atom stereocenters. The highest BCUT2D eigenvalue weighted by atomic mass is 19.1. The summed E-state index contributed by atoms with van der Waals surface area (Å²) in [6.07, 6.45) is 1.19. The molecule has 0 saturated carbocycles. The molecule has 0 bridgehead atoms. The zero-order valence-corrected chi connectivity index (χ0v) is 8.79. The number of hydrogen-bond acceptors (Lipinski definition) is 1. The number of nitrogens with one attached hydrogen (secondary N) is 1. The van der Waals surface area contributed by atoms with Gasteiger partial charge >= 0.3 is 0 Å². The van der Waals surface area contributed by atoms with E-state index in [1.54, 1.807) is 12.3 Å². The van der Waals surface area contributed by atoms with Crippen LogP contribution in [0.2, 0.25) is 0 Å². The summed E-state index contributed by atoms with van der Waals surface area (Å²) in [6, 6.07) is 4.54. The SMILES string of the molecule is CC(C)C(O)c1c[nH]c2ccc(F)cc12. The van der Waals surface area contributed by atoms with E-state index in [-0.39, 0.29) is 11.7 Å². The van der Waals surface area contributed by atoms with E-state index < -0.39 is 6.10 Å². The summed E-state index contributed by atoms with van der Waals surface area (Å²) in [5.41, 5.74) is 1.62. The van der Waals surface area contributed by atoms with Gasteiger partial charge in [-0.2, -0.15) is 0 Å². The number of aliphatic hydroxyl groups is 1. The fourth-order valence-electron chi connectivity index (χ4n) is 1.72. The Hall–Kier alpha value is -1.35. The van der Waals surface area contributed by atoms with Gasteiger partial charge in [0.2, 0.25) is 0 Å². The Bertz CT molecular complexity index is 475. The average molecular weight is 207 g/mol. The minimum absolute atomic E-state index is 0.118. The summed E-state index contributed by atoms with van der Waals surface area (Å²) >= 11 is 0. The lowest BCUT2D eigenvalue weighted by molar-refractivity contribution is 0.128. The third-order valence-corrected chi connectivity index (χ3v) is 2.63. The lowest BCUT2D eigenvalue weighted by Gasteiger charge is -2.13. The highest BCUT2D eigenvalue weighted by molar-refractivity contribution is 5.83. The van der Waals surface area contributed by atoms with E-state index in [1.165, 1.54) is 12.1 Å². The van der Waals surface area contributed by atoms with E-state index >= 15 is 0 Å². The van der Waals surface area contributed by atoms with Gasteiger partial charge in [0.05, 0.1) is 6.10 Å². The summed E-state index contributed by atoms with van der Waals surface area (Å²) in [4.78, 5) is 3.02. The van der Waals surface area contributed by atoms with E-state index in [0.29, 0.717) is 0 Å². The van der Waals surface area contributed by atoms with E-state index in [9.17, 15) is 9.50 Å². The molecule has 0 fully saturated rings. The van der Waals surface area contributed by atoms with Crippen LogP contribution in [0.3, 0.4) is 0 Å². The maximum absolute atomic E-state index is 13.1. The first-order valence-electron chi connectivity index (χ1n) is 5.04. The monoisotopic (exact) mass is 207 g/mol. The maximum atomic E-state index is 13.1. The zero-order valence-electron chi connectivity index (χ0n) is 8.79. The summed E-state index contributed by atoms with van der Waals surface area (Å²) in [7, 11) is 0. The van der Waals surface area contributed by atoms with Crippen LogP contribution in [0.4, 0.5) is 4.39 Å². The topological polar surface area (TPSA) is 36.0 Å². The number of aromatic amines is 1. The van der Waals surface area contributed by atoms with Crippen molar-refractivity contribution in [1.82, 2.24) is 4.98 Å². The Balaban J connectivity index is 2.56. The Morgan fingerprint density at radius 1 is 1.33 bits per heavy atom. The van der Waals surface area contributed by atoms with Gasteiger partial charge in [-0.1, -0.05) is 13.8 Å². The van der Waals surface area contributed by atoms with Crippen molar-refractivity contribution in [2.24, 2.45) is 5.92 Å². The maximum Gasteiger partial charge on any atom is 0.123 e. The molecule has 15 heavy (non-hydrogen) atoms. The van der Waals surface area contributed by atoms with Crippen molar-refractivity contribution in [3.63, 3.8) is 0 Å². The molecular formula is C12H14FNO. The Labute approximate surface area is 87.7 Å². The van der Waals surface area contributed by atoms with Gasteiger partial charge in [0.25, 0.3) is 0 Å². The molecule has 0 radical (unpaired) electrons. The minimum Gasteiger partial charge on any atom is -0.388 e. The number of H-pyrrole nitrogens is 1. The second-order valence-electron chi connectivity index (χ2n) is 4.12. The molecule has 3 heteroatoms. The summed E-state index contributed by atoms with van der Waals surface area (Å²) in [6.45, 7) is 3.87. The predicted molar refractivity (Wildman–Crippen MR) is 58.1 cm³/mol. The van der Waals surface area contributed by atoms with E-state index in [0.717, 1.165) is 16.5 Å². The molecule has 1 aromatic heterocycles. The van der Waals surface area contributed by atoms with Crippen LogP contribution in [0.25, 0.3) is 10.9 Å². The average Bonchev–Trinajstić information content (AvgIpc) is 2.59. The highest BCUT2D eigenvalue weighted by Crippen LogP contribution is 2.28. The minimum atomic E-state index is -0.555. The summed E-state index contributed by atoms with van der Waals surface area (Å²) < 4.78 is 13.1. The van der Waals surface area contributed by atoms with Crippen molar-refractivity contribution in [3.8, 4) is 0 Å². The van der Waals surface area contributed by atoms with Crippen molar-refractivity contribution in [2.45, 2.75) is 20.0 Å². The van der Waals surface area contributed by atoms with Crippen molar-refractivity contribution >= 4 is 10.9 Å². The molecule has 0 aliphatic rings. The number of rotatable bonds is 2. The van der Waals surface area contributed by atoms with E-state index in [1.807, 2.05) is 13.8 Å². The molecule has 0 spiro atoms. The molecule has 2 N–H and O–H groups in total. The van der Waals surface area contributed by atoms with E-state index in [4.69, 9.17) is 0 Å². The molecule has 0 aliphatic carbocycles.